The van der Waals surface area contributed by atoms with Crippen molar-refractivity contribution in [1.82, 2.24) is 9.97 Å². The topological polar surface area (TPSA) is 89.1 Å². The summed E-state index contributed by atoms with van der Waals surface area (Å²) in [4.78, 5) is 18.4. The van der Waals surface area contributed by atoms with Crippen molar-refractivity contribution in [3.8, 4) is 11.4 Å². The summed E-state index contributed by atoms with van der Waals surface area (Å²) in [6.07, 6.45) is 1.13. The molecule has 2 aromatic rings. The normalized spacial score (nSPS) is 10.4. The minimum atomic E-state index is -1.71. The van der Waals surface area contributed by atoms with Crippen LogP contribution in [0, 0.1) is 17.5 Å². The van der Waals surface area contributed by atoms with E-state index < -0.39 is 40.5 Å². The molecule has 1 aromatic heterocycles. The maximum atomic E-state index is 13.7. The average molecular weight is 295 g/mol. The molecule has 21 heavy (non-hydrogen) atoms. The number of carboxylic acids is 1. The molecule has 0 atom stereocenters. The Labute approximate surface area is 116 Å². The van der Waals surface area contributed by atoms with Crippen LogP contribution in [0.25, 0.3) is 17.5 Å². The van der Waals surface area contributed by atoms with Crippen molar-refractivity contribution in [3.05, 3.63) is 47.4 Å². The van der Waals surface area contributed by atoms with Crippen molar-refractivity contribution >= 4 is 17.9 Å². The minimum absolute atomic E-state index is 0.0470. The number of nitrogens with two attached hydrogens (primary N) is 1. The number of rotatable bonds is 3. The van der Waals surface area contributed by atoms with Crippen molar-refractivity contribution in [2.45, 2.75) is 0 Å². The lowest BCUT2D eigenvalue weighted by molar-refractivity contribution is 0.0690. The summed E-state index contributed by atoms with van der Waals surface area (Å²) in [6, 6.07) is 1.57. The van der Waals surface area contributed by atoms with Gasteiger partial charge < -0.3 is 10.8 Å². The fourth-order valence-electron chi connectivity index (χ4n) is 1.67. The highest BCUT2D eigenvalue weighted by Gasteiger charge is 2.21. The Morgan fingerprint density at radius 1 is 1.24 bits per heavy atom. The molecule has 0 unspecified atom stereocenters. The van der Waals surface area contributed by atoms with Gasteiger partial charge in [-0.05, 0) is 12.1 Å². The van der Waals surface area contributed by atoms with E-state index in [1.54, 1.807) is 0 Å². The second-order valence-corrected chi connectivity index (χ2v) is 3.93. The Balaban J connectivity index is 2.74. The first kappa shape index (κ1) is 14.5. The zero-order valence-corrected chi connectivity index (χ0v) is 10.4. The summed E-state index contributed by atoms with van der Waals surface area (Å²) in [7, 11) is 0. The standard InChI is InChI=1S/C13H8F3N3O2/c1-2-5-10(13(20)21)18-12(19-11(5)17)6-3-4-7(14)9(16)8(6)15/h2-4H,1H2,(H,20,21)(H2,17,18,19). The van der Waals surface area contributed by atoms with Crippen LogP contribution in [0.1, 0.15) is 16.1 Å². The summed E-state index contributed by atoms with van der Waals surface area (Å²) >= 11 is 0. The van der Waals surface area contributed by atoms with Crippen molar-refractivity contribution < 1.29 is 23.1 Å². The fourth-order valence-corrected chi connectivity index (χ4v) is 1.67. The number of aromatic nitrogens is 2. The van der Waals surface area contributed by atoms with E-state index in [4.69, 9.17) is 10.8 Å². The van der Waals surface area contributed by atoms with E-state index in [-0.39, 0.29) is 11.4 Å². The third-order valence-electron chi connectivity index (χ3n) is 2.66. The van der Waals surface area contributed by atoms with Gasteiger partial charge in [-0.2, -0.15) is 0 Å². The Morgan fingerprint density at radius 3 is 2.48 bits per heavy atom. The van der Waals surface area contributed by atoms with Gasteiger partial charge in [0.1, 0.15) is 5.82 Å². The van der Waals surface area contributed by atoms with E-state index in [1.807, 2.05) is 0 Å². The third-order valence-corrected chi connectivity index (χ3v) is 2.66. The molecule has 0 amide bonds. The molecular formula is C13H8F3N3O2. The van der Waals surface area contributed by atoms with Crippen LogP contribution >= 0.6 is 0 Å². The molecule has 0 radical (unpaired) electrons. The smallest absolute Gasteiger partial charge is 0.355 e. The summed E-state index contributed by atoms with van der Waals surface area (Å²) < 4.78 is 39.8. The van der Waals surface area contributed by atoms with Crippen molar-refractivity contribution in [2.75, 3.05) is 5.73 Å². The van der Waals surface area contributed by atoms with Gasteiger partial charge in [0.2, 0.25) is 0 Å². The molecule has 1 aromatic carbocycles. The summed E-state index contributed by atoms with van der Waals surface area (Å²) in [5.41, 5.74) is 4.48. The molecule has 0 fully saturated rings. The molecule has 0 saturated heterocycles. The second kappa shape index (κ2) is 5.23. The number of nitrogens with zero attached hydrogens (tertiary/aromatic N) is 2. The van der Waals surface area contributed by atoms with E-state index in [0.717, 1.165) is 12.1 Å². The van der Waals surface area contributed by atoms with E-state index >= 15 is 0 Å². The lowest BCUT2D eigenvalue weighted by Gasteiger charge is -2.08. The molecular weight excluding hydrogens is 287 g/mol. The van der Waals surface area contributed by atoms with Gasteiger partial charge in [0.05, 0.1) is 5.56 Å². The molecule has 0 bridgehead atoms. The highest BCUT2D eigenvalue weighted by molar-refractivity contribution is 5.92. The van der Waals surface area contributed by atoms with Crippen LogP contribution in [0.3, 0.4) is 0 Å². The van der Waals surface area contributed by atoms with Gasteiger partial charge in [-0.25, -0.2) is 27.9 Å². The van der Waals surface area contributed by atoms with Gasteiger partial charge >= 0.3 is 5.97 Å². The molecule has 1 heterocycles. The fraction of sp³-hybridized carbons (Fsp3) is 0. The predicted molar refractivity (Wildman–Crippen MR) is 68.8 cm³/mol. The van der Waals surface area contributed by atoms with Crippen LogP contribution in [0.5, 0.6) is 0 Å². The number of benzene rings is 1. The van der Waals surface area contributed by atoms with Crippen molar-refractivity contribution in [3.63, 3.8) is 0 Å². The molecule has 3 N–H and O–H groups in total. The van der Waals surface area contributed by atoms with Crippen LogP contribution in [0.4, 0.5) is 19.0 Å². The molecule has 5 nitrogen and oxygen atoms in total. The maximum absolute atomic E-state index is 13.7. The van der Waals surface area contributed by atoms with Crippen molar-refractivity contribution in [2.24, 2.45) is 0 Å². The first-order chi connectivity index (χ1) is 9.86. The van der Waals surface area contributed by atoms with Crippen molar-refractivity contribution in [1.29, 1.82) is 0 Å². The van der Waals surface area contributed by atoms with Crippen LogP contribution in [-0.2, 0) is 0 Å². The molecule has 108 valence electrons. The molecule has 0 saturated carbocycles. The summed E-state index contributed by atoms with van der Waals surface area (Å²) in [5.74, 6) is -6.80. The van der Waals surface area contributed by atoms with Gasteiger partial charge in [0.15, 0.2) is 29.0 Å². The van der Waals surface area contributed by atoms with E-state index in [0.29, 0.717) is 6.07 Å². The highest BCUT2D eigenvalue weighted by atomic mass is 19.2. The highest BCUT2D eigenvalue weighted by Crippen LogP contribution is 2.26. The molecule has 0 spiro atoms. The van der Waals surface area contributed by atoms with Gasteiger partial charge in [-0.1, -0.05) is 12.7 Å². The molecule has 2 rings (SSSR count). The number of carboxylic acid groups (broad SMARTS) is 1. The summed E-state index contributed by atoms with van der Waals surface area (Å²) in [5, 5.41) is 9.04. The largest absolute Gasteiger partial charge is 0.476 e. The molecule has 8 heteroatoms. The van der Waals surface area contributed by atoms with Gasteiger partial charge in [0, 0.05) is 5.56 Å². The Hall–Kier alpha value is -2.90. The van der Waals surface area contributed by atoms with E-state index in [2.05, 4.69) is 16.5 Å². The van der Waals surface area contributed by atoms with Gasteiger partial charge in [-0.3, -0.25) is 0 Å². The quantitative estimate of drug-likeness (QED) is 0.849. The first-order valence-electron chi connectivity index (χ1n) is 5.54. The van der Waals surface area contributed by atoms with E-state index in [1.165, 1.54) is 0 Å². The third kappa shape index (κ3) is 2.42. The summed E-state index contributed by atoms with van der Waals surface area (Å²) in [6.45, 7) is 3.37. The number of nitrogen functional groups attached to an aromatic ring is 1. The molecule has 0 aliphatic carbocycles. The number of hydrogen-bond acceptors (Lipinski definition) is 4. The van der Waals surface area contributed by atoms with E-state index in [9.17, 15) is 18.0 Å². The lowest BCUT2D eigenvalue weighted by Crippen LogP contribution is -2.10. The zero-order chi connectivity index (χ0) is 15.7. The number of carbonyl (C=O) groups is 1. The van der Waals surface area contributed by atoms with Crippen LogP contribution in [0.2, 0.25) is 0 Å². The Morgan fingerprint density at radius 2 is 1.90 bits per heavy atom. The Bertz CT molecular complexity index is 763. The number of hydrogen-bond donors (Lipinski definition) is 2. The lowest BCUT2D eigenvalue weighted by atomic mass is 10.1. The number of anilines is 1. The molecule has 0 aliphatic rings. The first-order valence-corrected chi connectivity index (χ1v) is 5.54. The second-order valence-electron chi connectivity index (χ2n) is 3.93. The minimum Gasteiger partial charge on any atom is -0.476 e. The Kier molecular flexibility index (Phi) is 3.62. The van der Waals surface area contributed by atoms with Crippen LogP contribution in [-0.4, -0.2) is 21.0 Å². The average Bonchev–Trinajstić information content (AvgIpc) is 2.44. The number of aromatic carboxylic acids is 1. The SMILES string of the molecule is C=Cc1c(N)nc(-c2ccc(F)c(F)c2F)nc1C(=O)O. The van der Waals surface area contributed by atoms with Crippen LogP contribution in [0.15, 0.2) is 18.7 Å². The van der Waals surface area contributed by atoms with Gasteiger partial charge in [0.25, 0.3) is 0 Å². The zero-order valence-electron chi connectivity index (χ0n) is 10.4. The van der Waals surface area contributed by atoms with Crippen LogP contribution < -0.4 is 5.73 Å². The number of halogens is 3. The monoisotopic (exact) mass is 295 g/mol. The van der Waals surface area contributed by atoms with Gasteiger partial charge in [-0.15, -0.1) is 0 Å². The predicted octanol–water partition coefficient (Wildman–Crippen LogP) is 2.48. The maximum Gasteiger partial charge on any atom is 0.355 e. The molecule has 0 aliphatic heterocycles.